The van der Waals surface area contributed by atoms with Gasteiger partial charge in [0.1, 0.15) is 11.2 Å². The molecule has 47 heavy (non-hydrogen) atoms. The molecule has 3 unspecified atom stereocenters. The van der Waals surface area contributed by atoms with Crippen molar-refractivity contribution in [2.75, 3.05) is 46.9 Å². The van der Waals surface area contributed by atoms with Crippen LogP contribution in [0.1, 0.15) is 133 Å². The van der Waals surface area contributed by atoms with Crippen molar-refractivity contribution in [1.82, 2.24) is 9.80 Å². The summed E-state index contributed by atoms with van der Waals surface area (Å²) >= 11 is 0. The summed E-state index contributed by atoms with van der Waals surface area (Å²) in [6, 6.07) is 18.0. The molecule has 0 aromatic heterocycles. The number of rotatable bonds is 24. The third-order valence-electron chi connectivity index (χ3n) is 10.5. The summed E-state index contributed by atoms with van der Waals surface area (Å²) < 4.78 is 17.5. The number of hydrogen-bond donors (Lipinski definition) is 0. The van der Waals surface area contributed by atoms with Crippen molar-refractivity contribution >= 4 is 5.97 Å². The van der Waals surface area contributed by atoms with E-state index < -0.39 is 11.6 Å². The zero-order valence-electron chi connectivity index (χ0n) is 29.9. The van der Waals surface area contributed by atoms with Crippen molar-refractivity contribution in [3.8, 4) is 5.75 Å². The van der Waals surface area contributed by atoms with Crippen LogP contribution in [0.2, 0.25) is 0 Å². The molecule has 1 aliphatic heterocycles. The molecule has 1 saturated carbocycles. The fourth-order valence-corrected chi connectivity index (χ4v) is 7.33. The molecule has 262 valence electrons. The topological polar surface area (TPSA) is 51.2 Å². The average molecular weight is 649 g/mol. The van der Waals surface area contributed by atoms with Gasteiger partial charge < -0.3 is 19.1 Å². The number of benzene rings is 2. The van der Waals surface area contributed by atoms with Crippen LogP contribution in [0.4, 0.5) is 0 Å². The summed E-state index contributed by atoms with van der Waals surface area (Å²) in [6.07, 6.45) is 22.5. The van der Waals surface area contributed by atoms with Gasteiger partial charge in [0.2, 0.25) is 0 Å². The van der Waals surface area contributed by atoms with Crippen molar-refractivity contribution in [2.45, 2.75) is 134 Å². The summed E-state index contributed by atoms with van der Waals surface area (Å²) in [5, 5.41) is 0. The third-order valence-corrected chi connectivity index (χ3v) is 10.5. The summed E-state index contributed by atoms with van der Waals surface area (Å²) in [5.41, 5.74) is 1.17. The van der Waals surface area contributed by atoms with Crippen molar-refractivity contribution in [1.29, 1.82) is 0 Å². The average Bonchev–Trinajstić information content (AvgIpc) is 3.87. The second-order valence-corrected chi connectivity index (χ2v) is 14.0. The highest BCUT2D eigenvalue weighted by atomic mass is 16.6. The molecule has 6 heteroatoms. The first-order chi connectivity index (χ1) is 23.1. The van der Waals surface area contributed by atoms with E-state index in [1.54, 1.807) is 14.2 Å². The molecule has 1 aliphatic carbocycles. The van der Waals surface area contributed by atoms with Crippen LogP contribution in [0.5, 0.6) is 5.75 Å². The lowest BCUT2D eigenvalue weighted by Crippen LogP contribution is -2.49. The molecule has 0 bridgehead atoms. The first kappa shape index (κ1) is 37.4. The van der Waals surface area contributed by atoms with Gasteiger partial charge in [0.15, 0.2) is 6.23 Å². The van der Waals surface area contributed by atoms with E-state index in [9.17, 15) is 4.79 Å². The Balaban J connectivity index is 1.13. The smallest absolute Gasteiger partial charge is 0.321 e. The Morgan fingerprint density at radius 3 is 1.74 bits per heavy atom. The summed E-state index contributed by atoms with van der Waals surface area (Å²) in [4.78, 5) is 18.9. The van der Waals surface area contributed by atoms with Gasteiger partial charge in [-0.05, 0) is 37.1 Å². The third kappa shape index (κ3) is 11.6. The van der Waals surface area contributed by atoms with Gasteiger partial charge in [-0.15, -0.1) is 0 Å². The van der Waals surface area contributed by atoms with Crippen LogP contribution in [-0.2, 0) is 19.7 Å². The number of ether oxygens (including phenoxy) is 3. The molecule has 6 nitrogen and oxygen atoms in total. The van der Waals surface area contributed by atoms with Crippen molar-refractivity contribution in [3.05, 3.63) is 65.7 Å². The first-order valence-corrected chi connectivity index (χ1v) is 19.0. The number of hydrogen-bond acceptors (Lipinski definition) is 6. The number of carbonyl (C=O) groups is 1. The van der Waals surface area contributed by atoms with E-state index in [2.05, 4.69) is 28.9 Å². The lowest BCUT2D eigenvalue weighted by atomic mass is 9.95. The normalized spacial score (nSPS) is 20.6. The molecule has 2 fully saturated rings. The van der Waals surface area contributed by atoms with Crippen molar-refractivity contribution < 1.29 is 19.0 Å². The standard InChI is InChI=1S/C41H64N2O4/c1-4-5-6-7-8-9-10-11-12-13-14-15-16-17-18-22-29-42-30-32-43(33-31-42)39(35-23-20-19-21-24-35)47-40(44)41(34-38(41)46-3)36-25-27-37(45-2)28-26-36/h19-21,23-28,38-39H,4-18,22,29-34H2,1-3H3. The first-order valence-electron chi connectivity index (χ1n) is 19.0. The zero-order valence-corrected chi connectivity index (χ0v) is 29.9. The van der Waals surface area contributed by atoms with Crippen LogP contribution < -0.4 is 4.74 Å². The maximum Gasteiger partial charge on any atom is 0.321 e. The molecule has 0 spiro atoms. The molecular formula is C41H64N2O4. The van der Waals surface area contributed by atoms with Gasteiger partial charge in [-0.3, -0.25) is 9.69 Å². The molecule has 1 saturated heterocycles. The number of nitrogens with zero attached hydrogens (tertiary/aromatic N) is 2. The van der Waals surface area contributed by atoms with E-state index >= 15 is 0 Å². The highest BCUT2D eigenvalue weighted by Gasteiger charge is 2.64. The highest BCUT2D eigenvalue weighted by molar-refractivity contribution is 5.88. The second kappa shape index (κ2) is 20.8. The van der Waals surface area contributed by atoms with E-state index in [0.29, 0.717) is 6.42 Å². The monoisotopic (exact) mass is 648 g/mol. The summed E-state index contributed by atoms with van der Waals surface area (Å²) in [6.45, 7) is 7.23. The molecule has 0 amide bonds. The Labute approximate surface area is 286 Å². The molecule has 0 radical (unpaired) electrons. The largest absolute Gasteiger partial charge is 0.497 e. The highest BCUT2D eigenvalue weighted by Crippen LogP contribution is 2.52. The maximum absolute atomic E-state index is 13.9. The van der Waals surface area contributed by atoms with Gasteiger partial charge in [0, 0.05) is 38.9 Å². The van der Waals surface area contributed by atoms with Crippen LogP contribution in [0.3, 0.4) is 0 Å². The van der Waals surface area contributed by atoms with Crippen molar-refractivity contribution in [2.24, 2.45) is 0 Å². The van der Waals surface area contributed by atoms with Gasteiger partial charge in [0.25, 0.3) is 0 Å². The van der Waals surface area contributed by atoms with E-state index in [4.69, 9.17) is 14.2 Å². The van der Waals surface area contributed by atoms with Crippen LogP contribution in [0, 0.1) is 0 Å². The number of carbonyl (C=O) groups excluding carboxylic acids is 1. The summed E-state index contributed by atoms with van der Waals surface area (Å²) in [7, 11) is 3.33. The number of piperazine rings is 1. The van der Waals surface area contributed by atoms with Crippen molar-refractivity contribution in [3.63, 3.8) is 0 Å². The molecular weight excluding hydrogens is 584 g/mol. The van der Waals surface area contributed by atoms with Gasteiger partial charge in [-0.1, -0.05) is 146 Å². The number of esters is 1. The Kier molecular flexibility index (Phi) is 16.6. The fourth-order valence-electron chi connectivity index (χ4n) is 7.33. The van der Waals surface area contributed by atoms with Crippen LogP contribution in [0.25, 0.3) is 0 Å². The van der Waals surface area contributed by atoms with E-state index in [1.165, 1.54) is 103 Å². The fraction of sp³-hybridized carbons (Fsp3) is 0.683. The SMILES string of the molecule is CCCCCCCCCCCCCCCCCCN1CCN(C(OC(=O)C2(c3ccc(OC)cc3)CC2OC)c2ccccc2)CC1. The minimum absolute atomic E-state index is 0.184. The zero-order chi connectivity index (χ0) is 33.2. The molecule has 1 heterocycles. The van der Waals surface area contributed by atoms with Crippen LogP contribution >= 0.6 is 0 Å². The Hall–Kier alpha value is -2.41. The molecule has 2 aromatic carbocycles. The maximum atomic E-state index is 13.9. The number of unbranched alkanes of at least 4 members (excludes halogenated alkanes) is 15. The molecule has 2 aliphatic rings. The Morgan fingerprint density at radius 1 is 0.723 bits per heavy atom. The van der Waals surface area contributed by atoms with Crippen LogP contribution in [0.15, 0.2) is 54.6 Å². The Bertz CT molecular complexity index is 1120. The molecule has 3 atom stereocenters. The second-order valence-electron chi connectivity index (χ2n) is 14.0. The lowest BCUT2D eigenvalue weighted by molar-refractivity contribution is -0.166. The quantitative estimate of drug-likeness (QED) is 0.0835. The number of methoxy groups -OCH3 is 2. The van der Waals surface area contributed by atoms with Gasteiger partial charge >= 0.3 is 5.97 Å². The predicted molar refractivity (Wildman–Crippen MR) is 193 cm³/mol. The Morgan fingerprint density at radius 2 is 1.26 bits per heavy atom. The van der Waals surface area contributed by atoms with Gasteiger partial charge in [-0.2, -0.15) is 0 Å². The predicted octanol–water partition coefficient (Wildman–Crippen LogP) is 9.47. The van der Waals surface area contributed by atoms with Gasteiger partial charge in [0.05, 0.1) is 13.2 Å². The molecule has 0 N–H and O–H groups in total. The molecule has 4 rings (SSSR count). The summed E-state index contributed by atoms with van der Waals surface area (Å²) in [5.74, 6) is 0.561. The van der Waals surface area contributed by atoms with E-state index in [0.717, 1.165) is 49.6 Å². The van der Waals surface area contributed by atoms with E-state index in [-0.39, 0.29) is 12.1 Å². The minimum atomic E-state index is -0.775. The van der Waals surface area contributed by atoms with Gasteiger partial charge in [-0.25, -0.2) is 0 Å². The lowest BCUT2D eigenvalue weighted by Gasteiger charge is -2.39. The van der Waals surface area contributed by atoms with E-state index in [1.807, 2.05) is 42.5 Å². The van der Waals surface area contributed by atoms with Crippen LogP contribution in [-0.4, -0.2) is 68.8 Å². The molecule has 2 aromatic rings. The minimum Gasteiger partial charge on any atom is -0.497 e.